The maximum absolute atomic E-state index is 12.4. The molecule has 4 rings (SSSR count). The van der Waals surface area contributed by atoms with Gasteiger partial charge in [-0.25, -0.2) is 9.67 Å². The summed E-state index contributed by atoms with van der Waals surface area (Å²) in [6, 6.07) is 13.5. The molecule has 0 aliphatic rings. The van der Waals surface area contributed by atoms with E-state index in [1.165, 1.54) is 23.2 Å². The van der Waals surface area contributed by atoms with Crippen LogP contribution in [0.25, 0.3) is 5.69 Å². The zero-order valence-electron chi connectivity index (χ0n) is 16.6. The number of anilines is 1. The fraction of sp³-hybridized carbons (Fsp3) is 0.190. The van der Waals surface area contributed by atoms with Crippen molar-refractivity contribution in [2.24, 2.45) is 0 Å². The Labute approximate surface area is 177 Å². The second kappa shape index (κ2) is 8.83. The van der Waals surface area contributed by atoms with Gasteiger partial charge in [0.05, 0.1) is 17.8 Å². The average Bonchev–Trinajstić information content (AvgIpc) is 3.40. The van der Waals surface area contributed by atoms with Crippen molar-refractivity contribution in [1.82, 2.24) is 25.2 Å². The van der Waals surface area contributed by atoms with Crippen LogP contribution in [0.1, 0.15) is 21.8 Å². The van der Waals surface area contributed by atoms with E-state index in [1.54, 1.807) is 4.68 Å². The van der Waals surface area contributed by atoms with E-state index in [0.29, 0.717) is 12.3 Å². The van der Waals surface area contributed by atoms with E-state index in [9.17, 15) is 4.79 Å². The molecular weight excluding hydrogens is 400 g/mol. The Morgan fingerprint density at radius 2 is 2.00 bits per heavy atom. The maximum atomic E-state index is 12.4. The number of benzene rings is 2. The summed E-state index contributed by atoms with van der Waals surface area (Å²) in [5, 5.41) is 16.8. The molecule has 0 bridgehead atoms. The smallest absolute Gasteiger partial charge is 0.230 e. The van der Waals surface area contributed by atoms with Crippen LogP contribution < -0.4 is 10.1 Å². The van der Waals surface area contributed by atoms with Crippen LogP contribution in [0.2, 0.25) is 0 Å². The van der Waals surface area contributed by atoms with E-state index < -0.39 is 0 Å². The number of hydrogen-bond donors (Lipinski definition) is 1. The van der Waals surface area contributed by atoms with Crippen molar-refractivity contribution >= 4 is 22.9 Å². The van der Waals surface area contributed by atoms with Crippen molar-refractivity contribution in [1.29, 1.82) is 0 Å². The lowest BCUT2D eigenvalue weighted by molar-refractivity contribution is -0.115. The maximum Gasteiger partial charge on any atom is 0.230 e. The summed E-state index contributed by atoms with van der Waals surface area (Å²) < 4.78 is 7.33. The Hall–Kier alpha value is -3.59. The van der Waals surface area contributed by atoms with Crippen molar-refractivity contribution in [2.75, 3.05) is 5.32 Å². The Balaban J connectivity index is 1.32. The van der Waals surface area contributed by atoms with Gasteiger partial charge in [-0.05, 0) is 60.2 Å². The van der Waals surface area contributed by atoms with Gasteiger partial charge in [0.2, 0.25) is 5.91 Å². The van der Waals surface area contributed by atoms with Gasteiger partial charge in [0, 0.05) is 11.1 Å². The first-order valence-electron chi connectivity index (χ1n) is 9.33. The van der Waals surface area contributed by atoms with Gasteiger partial charge >= 0.3 is 0 Å². The molecular formula is C21H20N6O2S. The lowest BCUT2D eigenvalue weighted by Gasteiger charge is -2.09. The first kappa shape index (κ1) is 19.7. The van der Waals surface area contributed by atoms with Gasteiger partial charge in [-0.1, -0.05) is 17.7 Å². The Kier molecular flexibility index (Phi) is 5.80. The van der Waals surface area contributed by atoms with Gasteiger partial charge in [-0.15, -0.1) is 16.4 Å². The van der Waals surface area contributed by atoms with Crippen molar-refractivity contribution in [3.05, 3.63) is 76.0 Å². The number of thiazole rings is 1. The predicted molar refractivity (Wildman–Crippen MR) is 114 cm³/mol. The van der Waals surface area contributed by atoms with Crippen molar-refractivity contribution in [2.45, 2.75) is 26.9 Å². The molecule has 4 aromatic rings. The highest BCUT2D eigenvalue weighted by atomic mass is 32.1. The number of tetrazole rings is 1. The highest BCUT2D eigenvalue weighted by Gasteiger charge is 2.10. The lowest BCUT2D eigenvalue weighted by Crippen LogP contribution is -2.15. The van der Waals surface area contributed by atoms with Crippen LogP contribution in [0.3, 0.4) is 0 Å². The molecule has 0 aliphatic heterocycles. The summed E-state index contributed by atoms with van der Waals surface area (Å²) in [5.41, 5.74) is 4.43. The van der Waals surface area contributed by atoms with Crippen LogP contribution in [0.15, 0.2) is 54.2 Å². The van der Waals surface area contributed by atoms with Crippen molar-refractivity contribution in [3.63, 3.8) is 0 Å². The summed E-state index contributed by atoms with van der Waals surface area (Å²) in [7, 11) is 0. The van der Waals surface area contributed by atoms with E-state index >= 15 is 0 Å². The molecule has 2 heterocycles. The SMILES string of the molecule is Cc1ccc(OCc2nc(CC(=O)Nc3ccc(-n4cnnn4)c(C)c3)cs2)cc1. The minimum absolute atomic E-state index is 0.124. The number of aryl methyl sites for hydroxylation is 2. The van der Waals surface area contributed by atoms with Crippen LogP contribution >= 0.6 is 11.3 Å². The standard InChI is InChI=1S/C21H20N6O2S/c1-14-3-6-18(7-4-14)29-11-21-24-17(12-30-21)10-20(28)23-16-5-8-19(15(2)9-16)27-13-22-25-26-27/h3-9,12-13H,10-11H2,1-2H3,(H,23,28). The average molecular weight is 420 g/mol. The number of rotatable bonds is 7. The van der Waals surface area contributed by atoms with Crippen molar-refractivity contribution < 1.29 is 9.53 Å². The van der Waals surface area contributed by atoms with E-state index in [-0.39, 0.29) is 12.3 Å². The lowest BCUT2D eigenvalue weighted by atomic mass is 10.1. The molecule has 1 N–H and O–H groups in total. The summed E-state index contributed by atoms with van der Waals surface area (Å²) in [5.74, 6) is 0.677. The fourth-order valence-corrected chi connectivity index (χ4v) is 3.61. The van der Waals surface area contributed by atoms with Crippen molar-refractivity contribution in [3.8, 4) is 11.4 Å². The van der Waals surface area contributed by atoms with Crippen LogP contribution in [0, 0.1) is 13.8 Å². The second-order valence-corrected chi connectivity index (χ2v) is 7.76. The molecule has 0 atom stereocenters. The minimum atomic E-state index is -0.124. The molecule has 30 heavy (non-hydrogen) atoms. The fourth-order valence-electron chi connectivity index (χ4n) is 2.91. The molecule has 0 aliphatic carbocycles. The van der Waals surface area contributed by atoms with Crippen LogP contribution in [0.5, 0.6) is 5.75 Å². The number of aromatic nitrogens is 5. The first-order chi connectivity index (χ1) is 14.6. The molecule has 0 unspecified atom stereocenters. The van der Waals surface area contributed by atoms with Gasteiger partial charge in [0.1, 0.15) is 23.7 Å². The largest absolute Gasteiger partial charge is 0.486 e. The van der Waals surface area contributed by atoms with Gasteiger partial charge in [-0.2, -0.15) is 0 Å². The van der Waals surface area contributed by atoms with Gasteiger partial charge in [0.15, 0.2) is 0 Å². The molecule has 0 fully saturated rings. The second-order valence-electron chi connectivity index (χ2n) is 6.81. The monoisotopic (exact) mass is 420 g/mol. The third-order valence-electron chi connectivity index (χ3n) is 4.40. The van der Waals surface area contributed by atoms with E-state index in [2.05, 4.69) is 25.8 Å². The molecule has 0 saturated heterocycles. The third kappa shape index (κ3) is 4.87. The van der Waals surface area contributed by atoms with E-state index in [4.69, 9.17) is 4.74 Å². The first-order valence-corrected chi connectivity index (χ1v) is 10.2. The quantitative estimate of drug-likeness (QED) is 0.492. The minimum Gasteiger partial charge on any atom is -0.486 e. The number of carbonyl (C=O) groups excluding carboxylic acids is 1. The number of hydrogen-bond acceptors (Lipinski definition) is 7. The molecule has 2 aromatic heterocycles. The molecule has 2 aromatic carbocycles. The predicted octanol–water partition coefficient (Wildman–Crippen LogP) is 3.50. The molecule has 0 radical (unpaired) electrons. The topological polar surface area (TPSA) is 94.8 Å². The third-order valence-corrected chi connectivity index (χ3v) is 5.27. The zero-order chi connectivity index (χ0) is 20.9. The molecule has 0 spiro atoms. The molecule has 9 heteroatoms. The molecule has 1 amide bonds. The highest BCUT2D eigenvalue weighted by molar-refractivity contribution is 7.09. The number of ether oxygens (including phenoxy) is 1. The van der Waals surface area contributed by atoms with Gasteiger partial charge < -0.3 is 10.1 Å². The highest BCUT2D eigenvalue weighted by Crippen LogP contribution is 2.19. The van der Waals surface area contributed by atoms with E-state index in [0.717, 1.165) is 27.7 Å². The number of amides is 1. The number of nitrogens with zero attached hydrogens (tertiary/aromatic N) is 5. The van der Waals surface area contributed by atoms with Gasteiger partial charge in [0.25, 0.3) is 0 Å². The molecule has 0 saturated carbocycles. The number of nitrogens with one attached hydrogen (secondary N) is 1. The molecule has 152 valence electrons. The van der Waals surface area contributed by atoms with E-state index in [1.807, 2.05) is 61.7 Å². The van der Waals surface area contributed by atoms with Crippen LogP contribution in [-0.4, -0.2) is 31.1 Å². The Morgan fingerprint density at radius 3 is 2.73 bits per heavy atom. The van der Waals surface area contributed by atoms with Crippen LogP contribution in [0.4, 0.5) is 5.69 Å². The Bertz CT molecular complexity index is 1140. The summed E-state index contributed by atoms with van der Waals surface area (Å²) >= 11 is 1.49. The molecule has 8 nitrogen and oxygen atoms in total. The summed E-state index contributed by atoms with van der Waals surface area (Å²) in [6.45, 7) is 4.35. The summed E-state index contributed by atoms with van der Waals surface area (Å²) in [4.78, 5) is 16.9. The zero-order valence-corrected chi connectivity index (χ0v) is 17.4. The summed E-state index contributed by atoms with van der Waals surface area (Å²) in [6.07, 6.45) is 1.73. The normalized spacial score (nSPS) is 10.7. The van der Waals surface area contributed by atoms with Crippen LogP contribution in [-0.2, 0) is 17.8 Å². The van der Waals surface area contributed by atoms with Gasteiger partial charge in [-0.3, -0.25) is 4.79 Å². The number of carbonyl (C=O) groups is 1. The Morgan fingerprint density at radius 1 is 1.17 bits per heavy atom.